The molecule has 0 unspecified atom stereocenters. The standard InChI is InChI=1S/C11H11NO8S3.2Na/c1-22(14,15)12-7-2-3-8-9(6-7)10(21-20-19-13)4-5-11(8)23(16,17)18;;/h2-6,12-13H,1H3,(H,16,17,18);;/q;2*+1/p-2. The molecule has 9 nitrogen and oxygen atoms in total. The van der Waals surface area contributed by atoms with Crippen molar-refractivity contribution < 1.29 is 95.1 Å². The van der Waals surface area contributed by atoms with Crippen molar-refractivity contribution in [2.75, 3.05) is 11.0 Å². The SMILES string of the molecule is CS(=O)(=O)Nc1ccc2c(S(=O)(=O)[O-])ccc(SOO[O-])c2c1.[Na+].[Na+]. The Morgan fingerprint density at radius 2 is 1.68 bits per heavy atom. The zero-order chi connectivity index (χ0) is 17.3. The van der Waals surface area contributed by atoms with Crippen LogP contribution in [0.2, 0.25) is 0 Å². The van der Waals surface area contributed by atoms with Crippen molar-refractivity contribution in [2.45, 2.75) is 9.79 Å². The van der Waals surface area contributed by atoms with Crippen LogP contribution in [0.15, 0.2) is 40.1 Å². The van der Waals surface area contributed by atoms with Gasteiger partial charge in [0.05, 0.1) is 23.2 Å². The summed E-state index contributed by atoms with van der Waals surface area (Å²) in [7, 11) is -8.30. The fraction of sp³-hybridized carbons (Fsp3) is 0.0909. The Labute approximate surface area is 192 Å². The zero-order valence-corrected chi connectivity index (χ0v) is 19.8. The van der Waals surface area contributed by atoms with Gasteiger partial charge >= 0.3 is 59.1 Å². The Hall–Kier alpha value is 0.590. The van der Waals surface area contributed by atoms with Crippen molar-refractivity contribution in [3.05, 3.63) is 30.3 Å². The number of fused-ring (bicyclic) bond motifs is 1. The molecule has 0 bridgehead atoms. The van der Waals surface area contributed by atoms with Crippen LogP contribution in [0.5, 0.6) is 0 Å². The zero-order valence-electron chi connectivity index (χ0n) is 13.4. The van der Waals surface area contributed by atoms with E-state index in [0.29, 0.717) is 12.0 Å². The molecule has 2 aromatic carbocycles. The fourth-order valence-electron chi connectivity index (χ4n) is 1.91. The van der Waals surface area contributed by atoms with Crippen molar-refractivity contribution in [1.82, 2.24) is 0 Å². The van der Waals surface area contributed by atoms with Gasteiger partial charge in [-0.15, -0.1) is 0 Å². The first-order chi connectivity index (χ1) is 10.6. The smallest absolute Gasteiger partial charge is 0.744 e. The molecule has 0 radical (unpaired) electrons. The van der Waals surface area contributed by atoms with Gasteiger partial charge < -0.3 is 9.81 Å². The minimum absolute atomic E-state index is 0. The monoisotopic (exact) mass is 425 g/mol. The van der Waals surface area contributed by atoms with E-state index >= 15 is 0 Å². The van der Waals surface area contributed by atoms with Crippen LogP contribution in [-0.4, -0.2) is 27.6 Å². The third-order valence-corrected chi connectivity index (χ3v) is 4.82. The van der Waals surface area contributed by atoms with E-state index in [2.05, 4.69) is 14.1 Å². The quantitative estimate of drug-likeness (QED) is 0.157. The largest absolute Gasteiger partial charge is 1.00 e. The molecule has 0 aliphatic heterocycles. The first-order valence-electron chi connectivity index (χ1n) is 5.75. The molecule has 2 rings (SSSR count). The molecule has 1 N–H and O–H groups in total. The van der Waals surface area contributed by atoms with Crippen LogP contribution in [0.4, 0.5) is 5.69 Å². The van der Waals surface area contributed by atoms with Crippen LogP contribution in [0.1, 0.15) is 0 Å². The molecule has 0 heterocycles. The molecular formula is C11H9NNa2O8S3. The summed E-state index contributed by atoms with van der Waals surface area (Å²) in [4.78, 5) is -0.230. The summed E-state index contributed by atoms with van der Waals surface area (Å²) in [6.45, 7) is 0. The van der Waals surface area contributed by atoms with Crippen LogP contribution < -0.4 is 69.1 Å². The Morgan fingerprint density at radius 3 is 2.20 bits per heavy atom. The molecule has 0 aliphatic carbocycles. The van der Waals surface area contributed by atoms with Gasteiger partial charge in [0.1, 0.15) is 10.1 Å². The summed E-state index contributed by atoms with van der Waals surface area (Å²) in [5, 5.41) is 13.4. The van der Waals surface area contributed by atoms with E-state index in [4.69, 9.17) is 0 Å². The molecule has 126 valence electrons. The maximum Gasteiger partial charge on any atom is 1.00 e. The minimum atomic E-state index is -4.75. The van der Waals surface area contributed by atoms with Gasteiger partial charge in [-0.3, -0.25) is 9.76 Å². The topological polar surface area (TPSA) is 145 Å². The number of rotatable bonds is 6. The van der Waals surface area contributed by atoms with Gasteiger partial charge in [0.15, 0.2) is 0 Å². The second-order valence-electron chi connectivity index (χ2n) is 4.37. The molecular weight excluding hydrogens is 416 g/mol. The van der Waals surface area contributed by atoms with Gasteiger partial charge in [-0.25, -0.2) is 16.8 Å². The first kappa shape index (κ1) is 25.6. The Bertz CT molecular complexity index is 949. The molecule has 0 amide bonds. The van der Waals surface area contributed by atoms with E-state index < -0.39 is 25.0 Å². The average molecular weight is 425 g/mol. The molecule has 0 atom stereocenters. The maximum atomic E-state index is 11.3. The second-order valence-corrected chi connectivity index (χ2v) is 8.21. The average Bonchev–Trinajstić information content (AvgIpc) is 2.41. The van der Waals surface area contributed by atoms with Gasteiger partial charge in [-0.05, 0) is 24.3 Å². The van der Waals surface area contributed by atoms with E-state index in [0.717, 1.165) is 12.3 Å². The number of hydrogen-bond donors (Lipinski definition) is 1. The molecule has 0 spiro atoms. The van der Waals surface area contributed by atoms with Gasteiger partial charge in [0.2, 0.25) is 10.0 Å². The van der Waals surface area contributed by atoms with E-state index in [-0.39, 0.29) is 80.5 Å². The van der Waals surface area contributed by atoms with Crippen molar-refractivity contribution in [3.63, 3.8) is 0 Å². The Morgan fingerprint density at radius 1 is 1.04 bits per heavy atom. The molecule has 0 fully saturated rings. The number of sulfonamides is 1. The van der Waals surface area contributed by atoms with Crippen LogP contribution in [0.25, 0.3) is 10.8 Å². The van der Waals surface area contributed by atoms with Crippen LogP contribution in [0.3, 0.4) is 0 Å². The number of anilines is 1. The van der Waals surface area contributed by atoms with Gasteiger partial charge in [-0.2, -0.15) is 4.33 Å². The third kappa shape index (κ3) is 7.25. The van der Waals surface area contributed by atoms with Gasteiger partial charge in [-0.1, -0.05) is 6.07 Å². The van der Waals surface area contributed by atoms with E-state index in [1.165, 1.54) is 24.3 Å². The molecule has 25 heavy (non-hydrogen) atoms. The molecule has 0 saturated heterocycles. The summed E-state index contributed by atoms with van der Waals surface area (Å²) in [6.07, 6.45) is 0.944. The van der Waals surface area contributed by atoms with Gasteiger partial charge in [0.25, 0.3) is 0 Å². The summed E-state index contributed by atoms with van der Waals surface area (Å²) in [5.41, 5.74) is 0.144. The van der Waals surface area contributed by atoms with E-state index in [1.807, 2.05) is 0 Å². The van der Waals surface area contributed by atoms with Crippen molar-refractivity contribution >= 4 is 48.6 Å². The molecule has 0 saturated carbocycles. The molecule has 14 heteroatoms. The maximum absolute atomic E-state index is 11.3. The van der Waals surface area contributed by atoms with Gasteiger partial charge in [0, 0.05) is 21.4 Å². The van der Waals surface area contributed by atoms with Crippen molar-refractivity contribution in [3.8, 4) is 0 Å². The summed E-state index contributed by atoms with van der Waals surface area (Å²) in [5.74, 6) is 0. The normalized spacial score (nSPS) is 11.5. The van der Waals surface area contributed by atoms with E-state index in [9.17, 15) is 26.6 Å². The van der Waals surface area contributed by atoms with Crippen LogP contribution in [0, 0.1) is 0 Å². The van der Waals surface area contributed by atoms with Crippen molar-refractivity contribution in [2.24, 2.45) is 0 Å². The number of nitrogens with one attached hydrogen (secondary N) is 1. The van der Waals surface area contributed by atoms with E-state index in [1.54, 1.807) is 0 Å². The number of hydrogen-bond acceptors (Lipinski definition) is 9. The van der Waals surface area contributed by atoms with Crippen LogP contribution >= 0.6 is 12.0 Å². The Kier molecular flexibility index (Phi) is 10.5. The Balaban J connectivity index is 0.00000288. The predicted octanol–water partition coefficient (Wildman–Crippen LogP) is -5.65. The predicted molar refractivity (Wildman–Crippen MR) is 78.4 cm³/mol. The summed E-state index contributed by atoms with van der Waals surface area (Å²) < 4.78 is 62.9. The first-order valence-corrected chi connectivity index (χ1v) is 9.79. The third-order valence-electron chi connectivity index (χ3n) is 2.66. The summed E-state index contributed by atoms with van der Waals surface area (Å²) >= 11 is 0.487. The number of benzene rings is 2. The van der Waals surface area contributed by atoms with Crippen LogP contribution in [-0.2, 0) is 29.5 Å². The molecule has 0 aliphatic rings. The molecule has 0 aromatic heterocycles. The summed E-state index contributed by atoms with van der Waals surface area (Å²) in [6, 6.07) is 6.18. The second kappa shape index (κ2) is 10.2. The van der Waals surface area contributed by atoms with Crippen molar-refractivity contribution in [1.29, 1.82) is 0 Å². The fourth-order valence-corrected chi connectivity index (χ4v) is 3.63. The minimum Gasteiger partial charge on any atom is -0.744 e. The molecule has 2 aromatic rings.